The van der Waals surface area contributed by atoms with Gasteiger partial charge in [-0.2, -0.15) is 0 Å². The molecule has 0 saturated heterocycles. The van der Waals surface area contributed by atoms with E-state index >= 15 is 0 Å². The smallest absolute Gasteiger partial charge is 0.0725 e. The number of benzene rings is 8. The Kier molecular flexibility index (Phi) is 4.80. The molecule has 0 aromatic heterocycles. The molecule has 0 amide bonds. The Hall–Kier alpha value is -5.37. The van der Waals surface area contributed by atoms with Crippen LogP contribution in [0.3, 0.4) is 0 Å². The van der Waals surface area contributed by atoms with Gasteiger partial charge in [-0.1, -0.05) is 139 Å². The summed E-state index contributed by atoms with van der Waals surface area (Å²) in [5.41, 5.74) is 15.8. The van der Waals surface area contributed by atoms with Crippen LogP contribution in [0.4, 0.5) is 0 Å². The minimum atomic E-state index is -0.353. The molecule has 1 atom stereocenters. The van der Waals surface area contributed by atoms with Crippen molar-refractivity contribution in [3.8, 4) is 44.5 Å². The van der Waals surface area contributed by atoms with Crippen LogP contribution in [0, 0.1) is 0 Å². The van der Waals surface area contributed by atoms with E-state index in [0.29, 0.717) is 0 Å². The molecule has 0 saturated carbocycles. The molecule has 11 rings (SSSR count). The number of hydrogen-bond donors (Lipinski definition) is 0. The first-order chi connectivity index (χ1) is 22.8. The standard InChI is InChI=1S/C45H26S/c1-2-11-29-26-40-36(24-28(29)10-1)33-14-4-7-17-38(33)45(40)37-16-6-3-13-32(37)35-25-30(21-23-39(35)45)31-22-20-27-12-9-19-42-43(27)44(31)34-15-5-8-18-41(34)46-42/h1-26H. The second-order valence-electron chi connectivity index (χ2n) is 12.8. The van der Waals surface area contributed by atoms with Crippen LogP contribution in [-0.2, 0) is 5.41 Å². The first kappa shape index (κ1) is 24.9. The monoisotopic (exact) mass is 598 g/mol. The van der Waals surface area contributed by atoms with E-state index in [1.165, 1.54) is 98.1 Å². The van der Waals surface area contributed by atoms with Gasteiger partial charge in [0.25, 0.3) is 0 Å². The van der Waals surface area contributed by atoms with E-state index in [2.05, 4.69) is 158 Å². The van der Waals surface area contributed by atoms with E-state index in [1.54, 1.807) is 0 Å². The van der Waals surface area contributed by atoms with Gasteiger partial charge in [-0.3, -0.25) is 0 Å². The van der Waals surface area contributed by atoms with Gasteiger partial charge in [-0.25, -0.2) is 0 Å². The fourth-order valence-electron chi connectivity index (χ4n) is 8.83. The van der Waals surface area contributed by atoms with Gasteiger partial charge in [0.1, 0.15) is 0 Å². The number of fused-ring (bicyclic) bond motifs is 13. The highest BCUT2D eigenvalue weighted by Crippen LogP contribution is 2.63. The molecule has 46 heavy (non-hydrogen) atoms. The Morgan fingerprint density at radius 3 is 1.76 bits per heavy atom. The molecule has 0 fully saturated rings. The van der Waals surface area contributed by atoms with E-state index in [1.807, 2.05) is 11.8 Å². The van der Waals surface area contributed by atoms with Crippen molar-refractivity contribution in [2.24, 2.45) is 0 Å². The summed E-state index contributed by atoms with van der Waals surface area (Å²) >= 11 is 1.89. The average Bonchev–Trinajstić information content (AvgIpc) is 3.57. The summed E-state index contributed by atoms with van der Waals surface area (Å²) in [7, 11) is 0. The first-order valence-corrected chi connectivity index (χ1v) is 16.8. The maximum Gasteiger partial charge on any atom is 0.0725 e. The van der Waals surface area contributed by atoms with Crippen molar-refractivity contribution in [1.82, 2.24) is 0 Å². The highest BCUT2D eigenvalue weighted by Gasteiger charge is 2.51. The summed E-state index contributed by atoms with van der Waals surface area (Å²) in [6, 6.07) is 59.5. The molecule has 8 aromatic rings. The maximum absolute atomic E-state index is 2.48. The molecule has 0 radical (unpaired) electrons. The Balaban J connectivity index is 1.22. The summed E-state index contributed by atoms with van der Waals surface area (Å²) in [6.45, 7) is 0. The van der Waals surface area contributed by atoms with Crippen LogP contribution in [0.25, 0.3) is 66.1 Å². The van der Waals surface area contributed by atoms with Crippen LogP contribution in [-0.4, -0.2) is 0 Å². The van der Waals surface area contributed by atoms with Gasteiger partial charge in [0.05, 0.1) is 5.41 Å². The summed E-state index contributed by atoms with van der Waals surface area (Å²) in [6.07, 6.45) is 0. The molecule has 0 bridgehead atoms. The number of hydrogen-bond acceptors (Lipinski definition) is 1. The molecule has 2 aliphatic carbocycles. The van der Waals surface area contributed by atoms with Crippen LogP contribution in [0.1, 0.15) is 22.3 Å². The molecule has 1 aliphatic heterocycles. The van der Waals surface area contributed by atoms with Crippen molar-refractivity contribution in [3.63, 3.8) is 0 Å². The molecule has 3 aliphatic rings. The fourth-order valence-corrected chi connectivity index (χ4v) is 9.96. The highest BCUT2D eigenvalue weighted by molar-refractivity contribution is 7.99. The van der Waals surface area contributed by atoms with Gasteiger partial charge < -0.3 is 0 Å². The highest BCUT2D eigenvalue weighted by atomic mass is 32.2. The van der Waals surface area contributed by atoms with Crippen LogP contribution in [0.15, 0.2) is 168 Å². The molecular weight excluding hydrogens is 573 g/mol. The third-order valence-corrected chi connectivity index (χ3v) is 11.8. The van der Waals surface area contributed by atoms with E-state index < -0.39 is 0 Å². The van der Waals surface area contributed by atoms with Gasteiger partial charge in [0, 0.05) is 15.2 Å². The van der Waals surface area contributed by atoms with Gasteiger partial charge in [-0.15, -0.1) is 0 Å². The molecule has 1 unspecified atom stereocenters. The summed E-state index contributed by atoms with van der Waals surface area (Å²) < 4.78 is 0. The average molecular weight is 599 g/mol. The zero-order chi connectivity index (χ0) is 30.0. The lowest BCUT2D eigenvalue weighted by Gasteiger charge is -2.30. The number of rotatable bonds is 1. The summed E-state index contributed by atoms with van der Waals surface area (Å²) in [5, 5.41) is 5.25. The molecule has 1 heteroatoms. The lowest BCUT2D eigenvalue weighted by atomic mass is 9.70. The molecule has 0 nitrogen and oxygen atoms in total. The SMILES string of the molecule is c1ccc2c(c1)Sc1cccc3ccc(-c4ccc5c(c4)-c4ccccc4C54c5ccccc5-c5cc6ccccc6cc54)c-2c13. The zero-order valence-electron chi connectivity index (χ0n) is 24.9. The van der Waals surface area contributed by atoms with Crippen LogP contribution >= 0.6 is 11.8 Å². The molecule has 8 aromatic carbocycles. The molecular formula is C45H26S. The Labute approximate surface area is 272 Å². The lowest BCUT2D eigenvalue weighted by molar-refractivity contribution is 0.795. The van der Waals surface area contributed by atoms with Crippen molar-refractivity contribution in [1.29, 1.82) is 0 Å². The minimum absolute atomic E-state index is 0.353. The van der Waals surface area contributed by atoms with Crippen molar-refractivity contribution < 1.29 is 0 Å². The van der Waals surface area contributed by atoms with E-state index in [9.17, 15) is 0 Å². The minimum Gasteiger partial charge on any atom is -0.0888 e. The second kappa shape index (κ2) is 8.88. The van der Waals surface area contributed by atoms with Crippen molar-refractivity contribution >= 4 is 33.3 Å². The third kappa shape index (κ3) is 3.02. The van der Waals surface area contributed by atoms with Crippen LogP contribution in [0.5, 0.6) is 0 Å². The Morgan fingerprint density at radius 1 is 0.348 bits per heavy atom. The van der Waals surface area contributed by atoms with Crippen LogP contribution in [0.2, 0.25) is 0 Å². The molecule has 1 heterocycles. The van der Waals surface area contributed by atoms with E-state index in [0.717, 1.165) is 0 Å². The van der Waals surface area contributed by atoms with Gasteiger partial charge >= 0.3 is 0 Å². The topological polar surface area (TPSA) is 0 Å². The third-order valence-electron chi connectivity index (χ3n) is 10.7. The van der Waals surface area contributed by atoms with Crippen molar-refractivity contribution in [2.75, 3.05) is 0 Å². The predicted octanol–water partition coefficient (Wildman–Crippen LogP) is 12.1. The Morgan fingerprint density at radius 2 is 0.957 bits per heavy atom. The maximum atomic E-state index is 2.48. The van der Waals surface area contributed by atoms with E-state index in [4.69, 9.17) is 0 Å². The quantitative estimate of drug-likeness (QED) is 0.181. The first-order valence-electron chi connectivity index (χ1n) is 16.0. The molecule has 1 spiro atoms. The molecule has 212 valence electrons. The second-order valence-corrected chi connectivity index (χ2v) is 13.9. The van der Waals surface area contributed by atoms with Crippen molar-refractivity contribution in [2.45, 2.75) is 15.2 Å². The largest absolute Gasteiger partial charge is 0.0888 e. The summed E-state index contributed by atoms with van der Waals surface area (Å²) in [4.78, 5) is 2.66. The zero-order valence-corrected chi connectivity index (χ0v) is 25.7. The Bertz CT molecular complexity index is 2630. The predicted molar refractivity (Wildman–Crippen MR) is 193 cm³/mol. The van der Waals surface area contributed by atoms with Gasteiger partial charge in [0.2, 0.25) is 0 Å². The van der Waals surface area contributed by atoms with Crippen molar-refractivity contribution in [3.05, 3.63) is 180 Å². The normalized spacial score (nSPS) is 16.3. The van der Waals surface area contributed by atoms with Crippen LogP contribution < -0.4 is 0 Å². The van der Waals surface area contributed by atoms with E-state index in [-0.39, 0.29) is 5.41 Å². The lowest BCUT2D eigenvalue weighted by Crippen LogP contribution is -2.25. The fraction of sp³-hybridized carbons (Fsp3) is 0.0222. The molecule has 0 N–H and O–H groups in total. The van der Waals surface area contributed by atoms with Gasteiger partial charge in [-0.05, 0) is 113 Å². The van der Waals surface area contributed by atoms with Gasteiger partial charge in [0.15, 0.2) is 0 Å². The summed E-state index contributed by atoms with van der Waals surface area (Å²) in [5.74, 6) is 0.